The molecular formula is C19H14O2. The van der Waals surface area contributed by atoms with E-state index in [9.17, 15) is 0 Å². The van der Waals surface area contributed by atoms with Gasteiger partial charge in [-0.15, -0.1) is 0 Å². The fraction of sp³-hybridized carbons (Fsp3) is 0.0526. The van der Waals surface area contributed by atoms with Crippen LogP contribution < -0.4 is 9.47 Å². The van der Waals surface area contributed by atoms with Crippen molar-refractivity contribution in [2.24, 2.45) is 0 Å². The quantitative estimate of drug-likeness (QED) is 0.501. The molecule has 2 nitrogen and oxygen atoms in total. The lowest BCUT2D eigenvalue weighted by molar-refractivity contribution is 0.437. The molecule has 0 amide bonds. The predicted molar refractivity (Wildman–Crippen MR) is 82.3 cm³/mol. The topological polar surface area (TPSA) is 18.5 Å². The second-order valence-corrected chi connectivity index (χ2v) is 5.03. The van der Waals surface area contributed by atoms with Gasteiger partial charge in [-0.05, 0) is 35.9 Å². The highest BCUT2D eigenvalue weighted by molar-refractivity contribution is 5.55. The molecule has 0 aromatic heterocycles. The molecule has 0 saturated heterocycles. The van der Waals surface area contributed by atoms with E-state index in [0.29, 0.717) is 0 Å². The fourth-order valence-electron chi connectivity index (χ4n) is 2.58. The molecule has 0 radical (unpaired) electrons. The van der Waals surface area contributed by atoms with Gasteiger partial charge in [-0.3, -0.25) is 0 Å². The molecule has 102 valence electrons. The molecule has 0 fully saturated rings. The SMILES string of the molecule is c1ccc(Oc2cccc3c2Cc2ccccc2O3)cc1. The third-order valence-corrected chi connectivity index (χ3v) is 3.62. The maximum absolute atomic E-state index is 6.01. The van der Waals surface area contributed by atoms with E-state index < -0.39 is 0 Å². The number of para-hydroxylation sites is 2. The van der Waals surface area contributed by atoms with Crippen molar-refractivity contribution in [2.45, 2.75) is 6.42 Å². The highest BCUT2D eigenvalue weighted by Gasteiger charge is 2.20. The molecular weight excluding hydrogens is 260 g/mol. The molecule has 0 unspecified atom stereocenters. The van der Waals surface area contributed by atoms with Crippen LogP contribution in [0.1, 0.15) is 11.1 Å². The summed E-state index contributed by atoms with van der Waals surface area (Å²) in [6.07, 6.45) is 0.828. The highest BCUT2D eigenvalue weighted by atomic mass is 16.5. The van der Waals surface area contributed by atoms with E-state index in [4.69, 9.17) is 9.47 Å². The molecule has 0 bridgehead atoms. The van der Waals surface area contributed by atoms with Gasteiger partial charge in [0.05, 0.1) is 0 Å². The Bertz CT molecular complexity index is 779. The van der Waals surface area contributed by atoms with Crippen LogP contribution in [0.15, 0.2) is 72.8 Å². The van der Waals surface area contributed by atoms with E-state index in [1.807, 2.05) is 66.7 Å². The number of rotatable bonds is 2. The summed E-state index contributed by atoms with van der Waals surface area (Å²) in [6.45, 7) is 0. The van der Waals surface area contributed by atoms with Crippen molar-refractivity contribution in [3.05, 3.63) is 83.9 Å². The zero-order valence-corrected chi connectivity index (χ0v) is 11.5. The summed E-state index contributed by atoms with van der Waals surface area (Å²) < 4.78 is 12.0. The van der Waals surface area contributed by atoms with Crippen molar-refractivity contribution in [3.63, 3.8) is 0 Å². The zero-order chi connectivity index (χ0) is 14.1. The van der Waals surface area contributed by atoms with Gasteiger partial charge in [-0.2, -0.15) is 0 Å². The van der Waals surface area contributed by atoms with E-state index >= 15 is 0 Å². The molecule has 4 rings (SSSR count). The maximum atomic E-state index is 6.01. The molecule has 0 aliphatic carbocycles. The van der Waals surface area contributed by atoms with E-state index in [2.05, 4.69) is 6.07 Å². The number of benzene rings is 3. The van der Waals surface area contributed by atoms with Gasteiger partial charge in [-0.1, -0.05) is 42.5 Å². The Labute approximate surface area is 123 Å². The van der Waals surface area contributed by atoms with Crippen LogP contribution in [0.25, 0.3) is 0 Å². The summed E-state index contributed by atoms with van der Waals surface area (Å²) in [5.41, 5.74) is 2.29. The number of hydrogen-bond donors (Lipinski definition) is 0. The first-order chi connectivity index (χ1) is 10.4. The summed E-state index contributed by atoms with van der Waals surface area (Å²) in [4.78, 5) is 0. The molecule has 21 heavy (non-hydrogen) atoms. The summed E-state index contributed by atoms with van der Waals surface area (Å²) in [5, 5.41) is 0. The van der Waals surface area contributed by atoms with Crippen LogP contribution in [-0.4, -0.2) is 0 Å². The summed E-state index contributed by atoms with van der Waals surface area (Å²) in [7, 11) is 0. The largest absolute Gasteiger partial charge is 0.457 e. The smallest absolute Gasteiger partial charge is 0.134 e. The second kappa shape index (κ2) is 4.98. The van der Waals surface area contributed by atoms with Gasteiger partial charge in [0.15, 0.2) is 0 Å². The van der Waals surface area contributed by atoms with E-state index in [0.717, 1.165) is 35.0 Å². The van der Waals surface area contributed by atoms with Crippen LogP contribution in [0.4, 0.5) is 0 Å². The second-order valence-electron chi connectivity index (χ2n) is 5.03. The van der Waals surface area contributed by atoms with Crippen LogP contribution in [0.3, 0.4) is 0 Å². The molecule has 0 atom stereocenters. The van der Waals surface area contributed by atoms with Crippen LogP contribution in [0.5, 0.6) is 23.0 Å². The van der Waals surface area contributed by atoms with Crippen LogP contribution in [0.2, 0.25) is 0 Å². The molecule has 0 N–H and O–H groups in total. The van der Waals surface area contributed by atoms with Crippen LogP contribution in [-0.2, 0) is 6.42 Å². The number of fused-ring (bicyclic) bond motifs is 2. The van der Waals surface area contributed by atoms with Crippen molar-refractivity contribution >= 4 is 0 Å². The van der Waals surface area contributed by atoms with Gasteiger partial charge in [-0.25, -0.2) is 0 Å². The minimum Gasteiger partial charge on any atom is -0.457 e. The number of hydrogen-bond acceptors (Lipinski definition) is 2. The first-order valence-corrected chi connectivity index (χ1v) is 7.01. The lowest BCUT2D eigenvalue weighted by atomic mass is 9.99. The Morgan fingerprint density at radius 2 is 1.48 bits per heavy atom. The zero-order valence-electron chi connectivity index (χ0n) is 11.5. The minimum absolute atomic E-state index is 0.828. The normalized spacial score (nSPS) is 12.0. The first-order valence-electron chi connectivity index (χ1n) is 7.01. The molecule has 1 heterocycles. The third-order valence-electron chi connectivity index (χ3n) is 3.62. The molecule has 0 spiro atoms. The Morgan fingerprint density at radius 1 is 0.714 bits per heavy atom. The van der Waals surface area contributed by atoms with Crippen molar-refractivity contribution in [2.75, 3.05) is 0 Å². The lowest BCUT2D eigenvalue weighted by Crippen LogP contribution is -2.04. The fourth-order valence-corrected chi connectivity index (χ4v) is 2.58. The van der Waals surface area contributed by atoms with E-state index in [1.54, 1.807) is 0 Å². The molecule has 3 aromatic carbocycles. The van der Waals surface area contributed by atoms with Gasteiger partial charge in [0, 0.05) is 12.0 Å². The van der Waals surface area contributed by atoms with Crippen molar-refractivity contribution in [1.29, 1.82) is 0 Å². The third kappa shape index (κ3) is 2.25. The van der Waals surface area contributed by atoms with Gasteiger partial charge in [0.1, 0.15) is 23.0 Å². The van der Waals surface area contributed by atoms with Gasteiger partial charge in [0.25, 0.3) is 0 Å². The van der Waals surface area contributed by atoms with Crippen molar-refractivity contribution < 1.29 is 9.47 Å². The van der Waals surface area contributed by atoms with Crippen molar-refractivity contribution in [1.82, 2.24) is 0 Å². The first kappa shape index (κ1) is 12.0. The molecule has 1 aliphatic rings. The Morgan fingerprint density at radius 3 is 2.38 bits per heavy atom. The molecule has 2 heteroatoms. The average molecular weight is 274 g/mol. The van der Waals surface area contributed by atoms with E-state index in [1.165, 1.54) is 5.56 Å². The molecule has 1 aliphatic heterocycles. The lowest BCUT2D eigenvalue weighted by Gasteiger charge is -2.22. The summed E-state index contributed by atoms with van der Waals surface area (Å²) >= 11 is 0. The Kier molecular flexibility index (Phi) is 2.86. The minimum atomic E-state index is 0.828. The van der Waals surface area contributed by atoms with E-state index in [-0.39, 0.29) is 0 Å². The monoisotopic (exact) mass is 274 g/mol. The van der Waals surface area contributed by atoms with Crippen LogP contribution >= 0.6 is 0 Å². The Balaban J connectivity index is 1.73. The predicted octanol–water partition coefficient (Wildman–Crippen LogP) is 5.18. The summed E-state index contributed by atoms with van der Waals surface area (Å²) in [5.74, 6) is 3.50. The van der Waals surface area contributed by atoms with Crippen molar-refractivity contribution in [3.8, 4) is 23.0 Å². The maximum Gasteiger partial charge on any atom is 0.134 e. The number of ether oxygens (including phenoxy) is 2. The van der Waals surface area contributed by atoms with Gasteiger partial charge < -0.3 is 9.47 Å². The summed E-state index contributed by atoms with van der Waals surface area (Å²) in [6, 6.07) is 23.9. The standard InChI is InChI=1S/C19H14O2/c1-2-8-15(9-3-1)20-18-11-6-12-19-16(18)13-14-7-4-5-10-17(14)21-19/h1-12H,13H2. The Hall–Kier alpha value is -2.74. The van der Waals surface area contributed by atoms with Crippen LogP contribution in [0, 0.1) is 0 Å². The highest BCUT2D eigenvalue weighted by Crippen LogP contribution is 2.41. The average Bonchev–Trinajstić information content (AvgIpc) is 2.54. The van der Waals surface area contributed by atoms with Gasteiger partial charge in [0.2, 0.25) is 0 Å². The molecule has 0 saturated carbocycles. The van der Waals surface area contributed by atoms with Gasteiger partial charge >= 0.3 is 0 Å². The molecule has 3 aromatic rings.